The monoisotopic (exact) mass is 213 g/mol. The topological polar surface area (TPSA) is 62.4 Å². The standard InChI is InChI=1S/C10H19N3O2/c1-4-6-8(14)7-9-11-10(12-15-9)13(3)5-2/h8,14H,4-7H2,1-3H3. The van der Waals surface area contributed by atoms with Gasteiger partial charge in [-0.05, 0) is 18.5 Å². The molecular formula is C10H19N3O2. The molecule has 0 saturated heterocycles. The van der Waals surface area contributed by atoms with Gasteiger partial charge in [-0.25, -0.2) is 0 Å². The summed E-state index contributed by atoms with van der Waals surface area (Å²) in [6, 6.07) is 0. The third-order valence-corrected chi connectivity index (χ3v) is 2.31. The van der Waals surface area contributed by atoms with Crippen molar-refractivity contribution in [1.29, 1.82) is 0 Å². The van der Waals surface area contributed by atoms with Crippen LogP contribution in [0.4, 0.5) is 5.95 Å². The molecule has 5 heteroatoms. The minimum absolute atomic E-state index is 0.379. The van der Waals surface area contributed by atoms with Crippen LogP contribution in [0, 0.1) is 0 Å². The van der Waals surface area contributed by atoms with E-state index in [4.69, 9.17) is 4.52 Å². The average Bonchev–Trinajstić information content (AvgIpc) is 2.65. The summed E-state index contributed by atoms with van der Waals surface area (Å²) in [6.07, 6.45) is 1.78. The zero-order valence-corrected chi connectivity index (χ0v) is 9.60. The van der Waals surface area contributed by atoms with Crippen molar-refractivity contribution in [3.8, 4) is 0 Å². The molecule has 0 aliphatic carbocycles. The van der Waals surface area contributed by atoms with Gasteiger partial charge in [-0.2, -0.15) is 4.98 Å². The van der Waals surface area contributed by atoms with Gasteiger partial charge < -0.3 is 14.5 Å². The second-order valence-corrected chi connectivity index (χ2v) is 3.65. The minimum Gasteiger partial charge on any atom is -0.393 e. The summed E-state index contributed by atoms with van der Waals surface area (Å²) in [4.78, 5) is 6.08. The van der Waals surface area contributed by atoms with Crippen molar-refractivity contribution in [3.63, 3.8) is 0 Å². The van der Waals surface area contributed by atoms with Gasteiger partial charge in [-0.15, -0.1) is 0 Å². The van der Waals surface area contributed by atoms with Crippen molar-refractivity contribution >= 4 is 5.95 Å². The first kappa shape index (κ1) is 12.0. The Morgan fingerprint density at radius 1 is 1.47 bits per heavy atom. The van der Waals surface area contributed by atoms with Crippen molar-refractivity contribution in [1.82, 2.24) is 10.1 Å². The summed E-state index contributed by atoms with van der Waals surface area (Å²) in [7, 11) is 1.90. The molecule has 1 rings (SSSR count). The van der Waals surface area contributed by atoms with Gasteiger partial charge >= 0.3 is 0 Å². The lowest BCUT2D eigenvalue weighted by Gasteiger charge is -2.08. The van der Waals surface area contributed by atoms with Gasteiger partial charge in [-0.1, -0.05) is 13.3 Å². The summed E-state index contributed by atoms with van der Waals surface area (Å²) >= 11 is 0. The van der Waals surface area contributed by atoms with E-state index in [1.54, 1.807) is 0 Å². The molecule has 15 heavy (non-hydrogen) atoms. The van der Waals surface area contributed by atoms with E-state index in [9.17, 15) is 5.11 Å². The number of aliphatic hydroxyl groups excluding tert-OH is 1. The van der Waals surface area contributed by atoms with Crippen molar-refractivity contribution in [3.05, 3.63) is 5.89 Å². The van der Waals surface area contributed by atoms with Crippen molar-refractivity contribution in [2.24, 2.45) is 0 Å². The lowest BCUT2D eigenvalue weighted by atomic mass is 10.1. The van der Waals surface area contributed by atoms with E-state index in [0.717, 1.165) is 19.4 Å². The molecule has 1 aromatic rings. The van der Waals surface area contributed by atoms with Crippen molar-refractivity contribution in [2.75, 3.05) is 18.5 Å². The molecule has 86 valence electrons. The van der Waals surface area contributed by atoms with Crippen LogP contribution in [0.5, 0.6) is 0 Å². The highest BCUT2D eigenvalue weighted by molar-refractivity contribution is 5.25. The molecule has 0 aliphatic rings. The smallest absolute Gasteiger partial charge is 0.265 e. The van der Waals surface area contributed by atoms with E-state index >= 15 is 0 Å². The predicted molar refractivity (Wildman–Crippen MR) is 57.9 cm³/mol. The molecule has 1 atom stereocenters. The molecule has 0 bridgehead atoms. The van der Waals surface area contributed by atoms with Gasteiger partial charge in [0.1, 0.15) is 0 Å². The molecule has 1 aromatic heterocycles. The molecule has 5 nitrogen and oxygen atoms in total. The van der Waals surface area contributed by atoms with Gasteiger partial charge in [0.05, 0.1) is 12.5 Å². The molecule has 0 radical (unpaired) electrons. The van der Waals surface area contributed by atoms with E-state index in [-0.39, 0.29) is 6.10 Å². The Balaban J connectivity index is 2.52. The van der Waals surface area contributed by atoms with Crippen LogP contribution in [0.2, 0.25) is 0 Å². The highest BCUT2D eigenvalue weighted by Crippen LogP contribution is 2.10. The van der Waals surface area contributed by atoms with Crippen LogP contribution in [0.15, 0.2) is 4.52 Å². The molecule has 0 fully saturated rings. The van der Waals surface area contributed by atoms with E-state index in [0.29, 0.717) is 18.3 Å². The van der Waals surface area contributed by atoms with Gasteiger partial charge in [0.2, 0.25) is 5.89 Å². The van der Waals surface area contributed by atoms with Crippen LogP contribution in [0.25, 0.3) is 0 Å². The minimum atomic E-state index is -0.379. The first-order chi connectivity index (χ1) is 7.17. The largest absolute Gasteiger partial charge is 0.393 e. The molecule has 1 unspecified atom stereocenters. The molecule has 1 heterocycles. The van der Waals surface area contributed by atoms with E-state index in [1.165, 1.54) is 0 Å². The molecule has 1 N–H and O–H groups in total. The Bertz CT molecular complexity index is 288. The van der Waals surface area contributed by atoms with Crippen molar-refractivity contribution < 1.29 is 9.63 Å². The maximum absolute atomic E-state index is 9.57. The number of anilines is 1. The first-order valence-electron chi connectivity index (χ1n) is 5.39. The first-order valence-corrected chi connectivity index (χ1v) is 5.39. The van der Waals surface area contributed by atoms with Crippen LogP contribution < -0.4 is 4.90 Å². The zero-order valence-electron chi connectivity index (χ0n) is 9.60. The Kier molecular flexibility index (Phi) is 4.55. The SMILES string of the molecule is CCCC(O)Cc1nc(N(C)CC)no1. The van der Waals surface area contributed by atoms with Crippen LogP contribution in [-0.2, 0) is 6.42 Å². The summed E-state index contributed by atoms with van der Waals surface area (Å²) < 4.78 is 5.04. The normalized spacial score (nSPS) is 12.8. The van der Waals surface area contributed by atoms with E-state index in [2.05, 4.69) is 10.1 Å². The summed E-state index contributed by atoms with van der Waals surface area (Å²) in [5.41, 5.74) is 0. The second-order valence-electron chi connectivity index (χ2n) is 3.65. The summed E-state index contributed by atoms with van der Waals surface area (Å²) in [5, 5.41) is 13.4. The maximum atomic E-state index is 9.57. The molecule has 0 aliphatic heterocycles. The third-order valence-electron chi connectivity index (χ3n) is 2.31. The molecule has 0 amide bonds. The van der Waals surface area contributed by atoms with E-state index in [1.807, 2.05) is 25.8 Å². The van der Waals surface area contributed by atoms with Gasteiger partial charge in [0.25, 0.3) is 5.95 Å². The van der Waals surface area contributed by atoms with Crippen LogP contribution in [0.1, 0.15) is 32.6 Å². The lowest BCUT2D eigenvalue weighted by Crippen LogP contribution is -2.17. The predicted octanol–water partition coefficient (Wildman–Crippen LogP) is 1.23. The number of aliphatic hydroxyl groups is 1. The highest BCUT2D eigenvalue weighted by Gasteiger charge is 2.12. The Labute approximate surface area is 90.1 Å². The van der Waals surface area contributed by atoms with Gasteiger partial charge in [-0.3, -0.25) is 0 Å². The van der Waals surface area contributed by atoms with Crippen LogP contribution >= 0.6 is 0 Å². The molecular weight excluding hydrogens is 194 g/mol. The fourth-order valence-electron chi connectivity index (χ4n) is 1.26. The Hall–Kier alpha value is -1.10. The number of aromatic nitrogens is 2. The third kappa shape index (κ3) is 3.51. The van der Waals surface area contributed by atoms with Crippen LogP contribution in [0.3, 0.4) is 0 Å². The number of hydrogen-bond acceptors (Lipinski definition) is 5. The van der Waals surface area contributed by atoms with Gasteiger partial charge in [0, 0.05) is 13.6 Å². The van der Waals surface area contributed by atoms with Crippen LogP contribution in [-0.4, -0.2) is 34.9 Å². The molecule has 0 spiro atoms. The number of nitrogens with zero attached hydrogens (tertiary/aromatic N) is 3. The number of hydrogen-bond donors (Lipinski definition) is 1. The fourth-order valence-corrected chi connectivity index (χ4v) is 1.26. The summed E-state index contributed by atoms with van der Waals surface area (Å²) in [5.74, 6) is 1.09. The van der Waals surface area contributed by atoms with Crippen molar-refractivity contribution in [2.45, 2.75) is 39.2 Å². The van der Waals surface area contributed by atoms with E-state index < -0.39 is 0 Å². The molecule has 0 aromatic carbocycles. The highest BCUT2D eigenvalue weighted by atomic mass is 16.5. The Morgan fingerprint density at radius 3 is 2.80 bits per heavy atom. The number of rotatable bonds is 6. The average molecular weight is 213 g/mol. The Morgan fingerprint density at radius 2 is 2.20 bits per heavy atom. The second kappa shape index (κ2) is 5.70. The molecule has 0 saturated carbocycles. The summed E-state index contributed by atoms with van der Waals surface area (Å²) in [6.45, 7) is 4.88. The lowest BCUT2D eigenvalue weighted by molar-refractivity contribution is 0.152. The van der Waals surface area contributed by atoms with Gasteiger partial charge in [0.15, 0.2) is 0 Å². The zero-order chi connectivity index (χ0) is 11.3. The quantitative estimate of drug-likeness (QED) is 0.770. The fraction of sp³-hybridized carbons (Fsp3) is 0.800. The maximum Gasteiger partial charge on any atom is 0.265 e.